The fourth-order valence-electron chi connectivity index (χ4n) is 4.95. The lowest BCUT2D eigenvalue weighted by Gasteiger charge is -2.33. The third-order valence-electron chi connectivity index (χ3n) is 7.14. The van der Waals surface area contributed by atoms with Crippen molar-refractivity contribution in [2.45, 2.75) is 32.1 Å². The molecule has 3 aromatic heterocycles. The Morgan fingerprint density at radius 3 is 2.41 bits per heavy atom. The summed E-state index contributed by atoms with van der Waals surface area (Å²) in [5, 5.41) is 16.3. The van der Waals surface area contributed by atoms with Gasteiger partial charge in [0.1, 0.15) is 5.69 Å². The molecule has 2 aliphatic rings. The summed E-state index contributed by atoms with van der Waals surface area (Å²) >= 11 is 3.53. The van der Waals surface area contributed by atoms with E-state index in [-0.39, 0.29) is 11.8 Å². The third-order valence-corrected chi connectivity index (χ3v) is 8.97. The number of thiophene rings is 2. The standard InChI is InChI=1S/C26H33N5OS2/c32-26(27-19-20-7-12-30(13-8-20)14-11-22-3-1-17-33-22)21-9-15-31(16-10-21)25-6-5-23(28-29-25)24-4-2-18-34-24/h1-6,17-18,20-21H,7-16,19H2,(H,27,32). The molecule has 34 heavy (non-hydrogen) atoms. The number of amides is 1. The van der Waals surface area contributed by atoms with Gasteiger partial charge in [0.05, 0.1) is 4.88 Å². The maximum atomic E-state index is 12.8. The summed E-state index contributed by atoms with van der Waals surface area (Å²) in [5.41, 5.74) is 0.918. The molecule has 180 valence electrons. The molecule has 0 radical (unpaired) electrons. The zero-order chi connectivity index (χ0) is 23.2. The van der Waals surface area contributed by atoms with Gasteiger partial charge in [0, 0.05) is 37.0 Å². The van der Waals surface area contributed by atoms with Crippen LogP contribution in [0.3, 0.4) is 0 Å². The predicted molar refractivity (Wildman–Crippen MR) is 140 cm³/mol. The average molecular weight is 496 g/mol. The molecular formula is C26H33N5OS2. The van der Waals surface area contributed by atoms with E-state index in [9.17, 15) is 4.79 Å². The van der Waals surface area contributed by atoms with E-state index >= 15 is 0 Å². The Hall–Kier alpha value is -2.29. The van der Waals surface area contributed by atoms with Crippen molar-refractivity contribution in [2.75, 3.05) is 44.2 Å². The number of hydrogen-bond donors (Lipinski definition) is 1. The van der Waals surface area contributed by atoms with Gasteiger partial charge in [-0.15, -0.1) is 32.9 Å². The molecule has 6 nitrogen and oxygen atoms in total. The van der Waals surface area contributed by atoms with Gasteiger partial charge in [-0.2, -0.15) is 0 Å². The summed E-state index contributed by atoms with van der Waals surface area (Å²) in [4.78, 5) is 20.2. The van der Waals surface area contributed by atoms with Gasteiger partial charge in [-0.25, -0.2) is 0 Å². The van der Waals surface area contributed by atoms with Gasteiger partial charge in [0.2, 0.25) is 5.91 Å². The summed E-state index contributed by atoms with van der Waals surface area (Å²) in [6, 6.07) is 12.6. The molecule has 2 saturated heterocycles. The van der Waals surface area contributed by atoms with Gasteiger partial charge >= 0.3 is 0 Å². The molecule has 0 atom stereocenters. The Labute approximate surface area is 210 Å². The second kappa shape index (κ2) is 11.4. The van der Waals surface area contributed by atoms with E-state index < -0.39 is 0 Å². The summed E-state index contributed by atoms with van der Waals surface area (Å²) in [6.07, 6.45) is 5.28. The third kappa shape index (κ3) is 6.03. The number of rotatable bonds is 8. The fourth-order valence-corrected chi connectivity index (χ4v) is 6.34. The number of nitrogens with one attached hydrogen (secondary N) is 1. The van der Waals surface area contributed by atoms with E-state index in [2.05, 4.69) is 60.3 Å². The minimum absolute atomic E-state index is 0.112. The quantitative estimate of drug-likeness (QED) is 0.497. The van der Waals surface area contributed by atoms with Gasteiger partial charge in [-0.1, -0.05) is 12.1 Å². The Morgan fingerprint density at radius 1 is 0.941 bits per heavy atom. The van der Waals surface area contributed by atoms with E-state index in [0.717, 1.165) is 74.9 Å². The highest BCUT2D eigenvalue weighted by molar-refractivity contribution is 7.13. The number of carbonyl (C=O) groups excluding carboxylic acids is 1. The highest BCUT2D eigenvalue weighted by Crippen LogP contribution is 2.26. The van der Waals surface area contributed by atoms with Crippen LogP contribution in [0.2, 0.25) is 0 Å². The molecule has 8 heteroatoms. The zero-order valence-corrected chi connectivity index (χ0v) is 21.2. The molecule has 1 N–H and O–H groups in total. The van der Waals surface area contributed by atoms with Crippen molar-refractivity contribution in [3.05, 3.63) is 52.0 Å². The molecule has 0 bridgehead atoms. The lowest BCUT2D eigenvalue weighted by Crippen LogP contribution is -2.43. The number of aromatic nitrogens is 2. The van der Waals surface area contributed by atoms with E-state index in [0.29, 0.717) is 5.92 Å². The fraction of sp³-hybridized carbons (Fsp3) is 0.500. The SMILES string of the molecule is O=C(NCC1CCN(CCc2cccs2)CC1)C1CCN(c2ccc(-c3cccs3)nn2)CC1. The topological polar surface area (TPSA) is 61.4 Å². The molecule has 0 aromatic carbocycles. The van der Waals surface area contributed by atoms with Crippen LogP contribution in [-0.4, -0.2) is 60.3 Å². The molecule has 1 amide bonds. The van der Waals surface area contributed by atoms with Crippen LogP contribution in [0.5, 0.6) is 0 Å². The van der Waals surface area contributed by atoms with Gasteiger partial charge in [-0.05, 0) is 86.1 Å². The van der Waals surface area contributed by atoms with Crippen LogP contribution in [0, 0.1) is 11.8 Å². The first-order chi connectivity index (χ1) is 16.7. The van der Waals surface area contributed by atoms with Crippen LogP contribution in [0.15, 0.2) is 47.2 Å². The first-order valence-electron chi connectivity index (χ1n) is 12.4. The van der Waals surface area contributed by atoms with E-state index in [4.69, 9.17) is 0 Å². The molecule has 5 rings (SSSR count). The number of carbonyl (C=O) groups is 1. The molecule has 0 aliphatic carbocycles. The summed E-state index contributed by atoms with van der Waals surface area (Å²) < 4.78 is 0. The molecule has 0 spiro atoms. The second-order valence-corrected chi connectivity index (χ2v) is 11.4. The lowest BCUT2D eigenvalue weighted by atomic mass is 9.94. The predicted octanol–water partition coefficient (Wildman–Crippen LogP) is 4.55. The van der Waals surface area contributed by atoms with Crippen LogP contribution in [0.25, 0.3) is 10.6 Å². The van der Waals surface area contributed by atoms with E-state index in [1.807, 2.05) is 23.5 Å². The molecule has 3 aromatic rings. The zero-order valence-electron chi connectivity index (χ0n) is 19.6. The minimum atomic E-state index is 0.112. The van der Waals surface area contributed by atoms with Crippen LogP contribution in [-0.2, 0) is 11.2 Å². The molecule has 2 fully saturated rings. The number of piperidine rings is 2. The maximum Gasteiger partial charge on any atom is 0.223 e. The lowest BCUT2D eigenvalue weighted by molar-refractivity contribution is -0.125. The molecule has 0 unspecified atom stereocenters. The smallest absolute Gasteiger partial charge is 0.223 e. The summed E-state index contributed by atoms with van der Waals surface area (Å²) in [6.45, 7) is 5.99. The van der Waals surface area contributed by atoms with Crippen molar-refractivity contribution in [3.63, 3.8) is 0 Å². The molecular weight excluding hydrogens is 462 g/mol. The Morgan fingerprint density at radius 2 is 1.74 bits per heavy atom. The Kier molecular flexibility index (Phi) is 7.88. The monoisotopic (exact) mass is 495 g/mol. The number of nitrogens with zero attached hydrogens (tertiary/aromatic N) is 4. The van der Waals surface area contributed by atoms with Crippen molar-refractivity contribution < 1.29 is 4.79 Å². The van der Waals surface area contributed by atoms with Gasteiger partial charge in [-0.3, -0.25) is 4.79 Å². The number of likely N-dealkylation sites (tertiary alicyclic amines) is 1. The van der Waals surface area contributed by atoms with Gasteiger partial charge < -0.3 is 15.1 Å². The van der Waals surface area contributed by atoms with Crippen LogP contribution >= 0.6 is 22.7 Å². The Bertz CT molecular complexity index is 1010. The van der Waals surface area contributed by atoms with Crippen molar-refractivity contribution in [2.24, 2.45) is 11.8 Å². The number of anilines is 1. The van der Waals surface area contributed by atoms with E-state index in [1.54, 1.807) is 11.3 Å². The van der Waals surface area contributed by atoms with Gasteiger partial charge in [0.15, 0.2) is 5.82 Å². The van der Waals surface area contributed by atoms with Crippen LogP contribution in [0.4, 0.5) is 5.82 Å². The second-order valence-electron chi connectivity index (χ2n) is 9.37. The van der Waals surface area contributed by atoms with E-state index in [1.165, 1.54) is 17.7 Å². The highest BCUT2D eigenvalue weighted by Gasteiger charge is 2.27. The first-order valence-corrected chi connectivity index (χ1v) is 14.2. The summed E-state index contributed by atoms with van der Waals surface area (Å²) in [7, 11) is 0. The Balaban J connectivity index is 1.00. The summed E-state index contributed by atoms with van der Waals surface area (Å²) in [5.74, 6) is 1.86. The maximum absolute atomic E-state index is 12.8. The van der Waals surface area contributed by atoms with Crippen molar-refractivity contribution in [3.8, 4) is 10.6 Å². The normalized spacial score (nSPS) is 18.3. The molecule has 0 saturated carbocycles. The largest absolute Gasteiger partial charge is 0.356 e. The minimum Gasteiger partial charge on any atom is -0.356 e. The average Bonchev–Trinajstić information content (AvgIpc) is 3.62. The van der Waals surface area contributed by atoms with Crippen molar-refractivity contribution in [1.29, 1.82) is 0 Å². The molecule has 5 heterocycles. The van der Waals surface area contributed by atoms with Crippen LogP contribution < -0.4 is 10.2 Å². The highest BCUT2D eigenvalue weighted by atomic mass is 32.1. The molecule has 2 aliphatic heterocycles. The first kappa shape index (κ1) is 23.5. The van der Waals surface area contributed by atoms with Gasteiger partial charge in [0.25, 0.3) is 0 Å². The van der Waals surface area contributed by atoms with Crippen molar-refractivity contribution >= 4 is 34.4 Å². The van der Waals surface area contributed by atoms with Crippen LogP contribution in [0.1, 0.15) is 30.6 Å². The van der Waals surface area contributed by atoms with Crippen molar-refractivity contribution in [1.82, 2.24) is 20.4 Å². The number of hydrogen-bond acceptors (Lipinski definition) is 7.